The molecule has 0 saturated heterocycles. The fraction of sp³-hybridized carbons (Fsp3) is 0.222. The van der Waals surface area contributed by atoms with Gasteiger partial charge < -0.3 is 9.88 Å². The molecule has 0 spiro atoms. The smallest absolute Gasteiger partial charge is 0.222 e. The summed E-state index contributed by atoms with van der Waals surface area (Å²) < 4.78 is 2.08. The third-order valence-corrected chi connectivity index (χ3v) is 4.43. The highest BCUT2D eigenvalue weighted by Crippen LogP contribution is 2.24. The van der Waals surface area contributed by atoms with Gasteiger partial charge in [0.2, 0.25) is 5.91 Å². The van der Waals surface area contributed by atoms with Crippen molar-refractivity contribution < 1.29 is 4.79 Å². The van der Waals surface area contributed by atoms with Gasteiger partial charge >= 0.3 is 0 Å². The number of nitrogens with one attached hydrogen (secondary N) is 1. The Labute approximate surface area is 139 Å². The standard InChI is InChI=1S/C18H19N3OS/c22-18(20-9-6-16-5-1-2-8-19-16)13-17(15-7-12-23-14-15)21-10-3-4-11-21/h1-5,7-8,10-12,14,17H,6,9,13H2,(H,20,22)/t17-/m1/s1. The quantitative estimate of drug-likeness (QED) is 0.724. The van der Waals surface area contributed by atoms with Gasteiger partial charge in [-0.2, -0.15) is 11.3 Å². The summed E-state index contributed by atoms with van der Waals surface area (Å²) in [5, 5.41) is 7.15. The molecule has 3 aromatic rings. The highest BCUT2D eigenvalue weighted by atomic mass is 32.1. The Hall–Kier alpha value is -2.40. The molecule has 5 heteroatoms. The summed E-state index contributed by atoms with van der Waals surface area (Å²) in [5.74, 6) is 0.0610. The summed E-state index contributed by atoms with van der Waals surface area (Å²) in [6.07, 6.45) is 6.97. The number of pyridine rings is 1. The number of hydrogen-bond acceptors (Lipinski definition) is 3. The molecule has 4 nitrogen and oxygen atoms in total. The number of aromatic nitrogens is 2. The van der Waals surface area contributed by atoms with E-state index in [0.29, 0.717) is 13.0 Å². The second kappa shape index (κ2) is 7.74. The van der Waals surface area contributed by atoms with Crippen LogP contribution >= 0.6 is 11.3 Å². The molecule has 3 rings (SSSR count). The maximum atomic E-state index is 12.3. The molecule has 0 unspecified atom stereocenters. The Balaban J connectivity index is 1.56. The number of thiophene rings is 1. The lowest BCUT2D eigenvalue weighted by molar-refractivity contribution is -0.121. The SMILES string of the molecule is O=C(C[C@H](c1ccsc1)n1cccc1)NCCc1ccccn1. The first-order valence-electron chi connectivity index (χ1n) is 7.64. The van der Waals surface area contributed by atoms with E-state index in [2.05, 4.69) is 26.3 Å². The Morgan fingerprint density at radius 1 is 1.22 bits per heavy atom. The Bertz CT molecular complexity index is 674. The fourth-order valence-electron chi connectivity index (χ4n) is 2.54. The van der Waals surface area contributed by atoms with E-state index in [9.17, 15) is 4.79 Å². The Kier molecular flexibility index (Phi) is 5.21. The van der Waals surface area contributed by atoms with Crippen molar-refractivity contribution >= 4 is 17.2 Å². The van der Waals surface area contributed by atoms with E-state index < -0.39 is 0 Å². The zero-order chi connectivity index (χ0) is 15.9. The van der Waals surface area contributed by atoms with Crippen molar-refractivity contribution in [2.75, 3.05) is 6.54 Å². The molecule has 118 valence electrons. The van der Waals surface area contributed by atoms with Crippen LogP contribution in [0.3, 0.4) is 0 Å². The molecular formula is C18H19N3OS. The van der Waals surface area contributed by atoms with Gasteiger partial charge in [0.1, 0.15) is 0 Å². The van der Waals surface area contributed by atoms with Gasteiger partial charge in [0.05, 0.1) is 12.5 Å². The Morgan fingerprint density at radius 3 is 2.78 bits per heavy atom. The lowest BCUT2D eigenvalue weighted by Crippen LogP contribution is -2.28. The first-order chi connectivity index (χ1) is 11.3. The number of amides is 1. The minimum absolute atomic E-state index is 0.0473. The molecule has 0 bridgehead atoms. The summed E-state index contributed by atoms with van der Waals surface area (Å²) in [4.78, 5) is 16.6. The van der Waals surface area contributed by atoms with Crippen LogP contribution in [0, 0.1) is 0 Å². The molecule has 1 amide bonds. The first kappa shape index (κ1) is 15.5. The molecule has 3 heterocycles. The highest BCUT2D eigenvalue weighted by Gasteiger charge is 2.17. The summed E-state index contributed by atoms with van der Waals surface area (Å²) in [6.45, 7) is 0.609. The molecule has 1 atom stereocenters. The van der Waals surface area contributed by atoms with Crippen LogP contribution in [-0.2, 0) is 11.2 Å². The third kappa shape index (κ3) is 4.29. The molecule has 0 saturated carbocycles. The molecule has 0 aromatic carbocycles. The van der Waals surface area contributed by atoms with Crippen LogP contribution in [0.1, 0.15) is 23.7 Å². The van der Waals surface area contributed by atoms with Crippen LogP contribution in [0.2, 0.25) is 0 Å². The summed E-state index contributed by atoms with van der Waals surface area (Å²) in [5.41, 5.74) is 2.17. The third-order valence-electron chi connectivity index (χ3n) is 3.72. The lowest BCUT2D eigenvalue weighted by atomic mass is 10.1. The number of rotatable bonds is 7. The molecule has 0 radical (unpaired) electrons. The molecule has 0 aliphatic rings. The number of carbonyl (C=O) groups excluding carboxylic acids is 1. The van der Waals surface area contributed by atoms with Gasteiger partial charge in [0.25, 0.3) is 0 Å². The average Bonchev–Trinajstić information content (AvgIpc) is 3.27. The van der Waals surface area contributed by atoms with E-state index in [4.69, 9.17) is 0 Å². The van der Waals surface area contributed by atoms with Crippen molar-refractivity contribution in [1.82, 2.24) is 14.9 Å². The fourth-order valence-corrected chi connectivity index (χ4v) is 3.25. The summed E-state index contributed by atoms with van der Waals surface area (Å²) >= 11 is 1.65. The van der Waals surface area contributed by atoms with Crippen LogP contribution in [0.15, 0.2) is 65.7 Å². The van der Waals surface area contributed by atoms with E-state index in [-0.39, 0.29) is 11.9 Å². The van der Waals surface area contributed by atoms with Crippen LogP contribution < -0.4 is 5.32 Å². The van der Waals surface area contributed by atoms with E-state index in [1.807, 2.05) is 48.1 Å². The topological polar surface area (TPSA) is 46.9 Å². The molecule has 0 aliphatic carbocycles. The average molecular weight is 325 g/mol. The minimum Gasteiger partial charge on any atom is -0.356 e. The zero-order valence-corrected chi connectivity index (χ0v) is 13.6. The molecular weight excluding hydrogens is 306 g/mol. The van der Waals surface area contributed by atoms with Crippen LogP contribution in [0.25, 0.3) is 0 Å². The molecule has 3 aromatic heterocycles. The van der Waals surface area contributed by atoms with E-state index >= 15 is 0 Å². The van der Waals surface area contributed by atoms with Gasteiger partial charge in [-0.3, -0.25) is 9.78 Å². The molecule has 1 N–H and O–H groups in total. The first-order valence-corrected chi connectivity index (χ1v) is 8.58. The van der Waals surface area contributed by atoms with Gasteiger partial charge in [0.15, 0.2) is 0 Å². The van der Waals surface area contributed by atoms with Crippen molar-refractivity contribution in [2.24, 2.45) is 0 Å². The largest absolute Gasteiger partial charge is 0.356 e. The Morgan fingerprint density at radius 2 is 2.09 bits per heavy atom. The molecule has 23 heavy (non-hydrogen) atoms. The lowest BCUT2D eigenvalue weighted by Gasteiger charge is -2.18. The second-order valence-corrected chi connectivity index (χ2v) is 6.11. The van der Waals surface area contributed by atoms with Gasteiger partial charge in [-0.1, -0.05) is 6.07 Å². The minimum atomic E-state index is 0.0473. The van der Waals surface area contributed by atoms with Crippen molar-refractivity contribution in [3.63, 3.8) is 0 Å². The predicted molar refractivity (Wildman–Crippen MR) is 92.5 cm³/mol. The van der Waals surface area contributed by atoms with E-state index in [0.717, 1.165) is 12.1 Å². The maximum Gasteiger partial charge on any atom is 0.222 e. The maximum absolute atomic E-state index is 12.3. The summed E-state index contributed by atoms with van der Waals surface area (Å²) in [7, 11) is 0. The van der Waals surface area contributed by atoms with Crippen molar-refractivity contribution in [3.8, 4) is 0 Å². The summed E-state index contributed by atoms with van der Waals surface area (Å²) in [6, 6.07) is 11.9. The number of carbonyl (C=O) groups is 1. The van der Waals surface area contributed by atoms with Crippen molar-refractivity contribution in [3.05, 3.63) is 77.0 Å². The van der Waals surface area contributed by atoms with Gasteiger partial charge in [0, 0.05) is 37.3 Å². The van der Waals surface area contributed by atoms with Crippen molar-refractivity contribution in [2.45, 2.75) is 18.9 Å². The van der Waals surface area contributed by atoms with Crippen LogP contribution in [0.4, 0.5) is 0 Å². The van der Waals surface area contributed by atoms with Gasteiger partial charge in [-0.15, -0.1) is 0 Å². The molecule has 0 aliphatic heterocycles. The predicted octanol–water partition coefficient (Wildman–Crippen LogP) is 3.28. The second-order valence-electron chi connectivity index (χ2n) is 5.33. The van der Waals surface area contributed by atoms with Crippen molar-refractivity contribution in [1.29, 1.82) is 0 Å². The monoisotopic (exact) mass is 325 g/mol. The van der Waals surface area contributed by atoms with Gasteiger partial charge in [-0.25, -0.2) is 0 Å². The van der Waals surface area contributed by atoms with E-state index in [1.165, 1.54) is 5.56 Å². The van der Waals surface area contributed by atoms with E-state index in [1.54, 1.807) is 17.5 Å². The normalized spacial score (nSPS) is 12.0. The number of nitrogens with zero attached hydrogens (tertiary/aromatic N) is 2. The van der Waals surface area contributed by atoms with Crippen LogP contribution in [0.5, 0.6) is 0 Å². The highest BCUT2D eigenvalue weighted by molar-refractivity contribution is 7.08. The number of hydrogen-bond donors (Lipinski definition) is 1. The zero-order valence-electron chi connectivity index (χ0n) is 12.8. The van der Waals surface area contributed by atoms with Gasteiger partial charge in [-0.05, 0) is 46.7 Å². The van der Waals surface area contributed by atoms with Crippen LogP contribution in [-0.4, -0.2) is 22.0 Å². The molecule has 0 fully saturated rings.